The number of benzene rings is 2. The minimum atomic E-state index is -0.370. The molecule has 5 heteroatoms. The third-order valence-corrected chi connectivity index (χ3v) is 5.06. The minimum Gasteiger partial charge on any atom is -0.325 e. The highest BCUT2D eigenvalue weighted by Crippen LogP contribution is 2.30. The van der Waals surface area contributed by atoms with Gasteiger partial charge in [0.05, 0.1) is 5.92 Å². The van der Waals surface area contributed by atoms with E-state index in [1.54, 1.807) is 17.0 Å². The van der Waals surface area contributed by atoms with Crippen molar-refractivity contribution in [3.05, 3.63) is 58.1 Å². The van der Waals surface area contributed by atoms with Crippen molar-refractivity contribution in [3.8, 4) is 0 Å². The summed E-state index contributed by atoms with van der Waals surface area (Å²) in [6.45, 7) is 6.33. The molecular weight excluding hydrogens is 336 g/mol. The molecule has 0 aromatic heterocycles. The van der Waals surface area contributed by atoms with E-state index in [0.717, 1.165) is 22.4 Å². The maximum absolute atomic E-state index is 12.6. The van der Waals surface area contributed by atoms with E-state index in [4.69, 9.17) is 11.6 Å². The van der Waals surface area contributed by atoms with E-state index >= 15 is 0 Å². The first-order chi connectivity index (χ1) is 11.9. The van der Waals surface area contributed by atoms with Crippen molar-refractivity contribution in [1.82, 2.24) is 0 Å². The van der Waals surface area contributed by atoms with E-state index in [1.807, 2.05) is 45.0 Å². The van der Waals surface area contributed by atoms with Gasteiger partial charge in [-0.2, -0.15) is 0 Å². The van der Waals surface area contributed by atoms with Gasteiger partial charge in [0.2, 0.25) is 11.8 Å². The van der Waals surface area contributed by atoms with Gasteiger partial charge in [-0.25, -0.2) is 0 Å². The fourth-order valence-corrected chi connectivity index (χ4v) is 3.28. The summed E-state index contributed by atoms with van der Waals surface area (Å²) in [5, 5.41) is 3.48. The molecule has 0 spiro atoms. The van der Waals surface area contributed by atoms with E-state index < -0.39 is 0 Å². The maximum atomic E-state index is 12.6. The van der Waals surface area contributed by atoms with Crippen LogP contribution in [0.5, 0.6) is 0 Å². The Morgan fingerprint density at radius 2 is 1.92 bits per heavy atom. The molecule has 2 aromatic carbocycles. The second kappa shape index (κ2) is 6.89. The number of rotatable bonds is 3. The molecule has 130 valence electrons. The Bertz CT molecular complexity index is 848. The third-order valence-electron chi connectivity index (χ3n) is 4.82. The summed E-state index contributed by atoms with van der Waals surface area (Å²) in [6.07, 6.45) is 0.221. The second-order valence-electron chi connectivity index (χ2n) is 6.57. The van der Waals surface area contributed by atoms with Gasteiger partial charge in [0.25, 0.3) is 0 Å². The molecule has 1 N–H and O–H groups in total. The number of halogens is 1. The van der Waals surface area contributed by atoms with Gasteiger partial charge in [-0.15, -0.1) is 0 Å². The highest BCUT2D eigenvalue weighted by Gasteiger charge is 2.35. The zero-order valence-electron chi connectivity index (χ0n) is 14.6. The average Bonchev–Trinajstić information content (AvgIpc) is 2.95. The third kappa shape index (κ3) is 3.54. The molecule has 2 amide bonds. The van der Waals surface area contributed by atoms with Gasteiger partial charge in [0.1, 0.15) is 0 Å². The molecule has 1 saturated heterocycles. The molecule has 0 radical (unpaired) electrons. The number of nitrogens with one attached hydrogen (secondary N) is 1. The fourth-order valence-electron chi connectivity index (χ4n) is 3.11. The zero-order valence-corrected chi connectivity index (χ0v) is 15.4. The summed E-state index contributed by atoms with van der Waals surface area (Å²) in [5.74, 6) is -0.533. The molecule has 0 saturated carbocycles. The standard InChI is InChI=1S/C20H21ClN2O2/c1-12-5-4-6-18(14(12)3)23-11-15(9-19(23)24)20(25)22-17-10-16(21)8-7-13(17)2/h4-8,10,15H,9,11H2,1-3H3,(H,22,25)/t15-/m0/s1. The van der Waals surface area contributed by atoms with E-state index in [-0.39, 0.29) is 24.2 Å². The van der Waals surface area contributed by atoms with Crippen LogP contribution in [0.25, 0.3) is 0 Å². The van der Waals surface area contributed by atoms with E-state index in [9.17, 15) is 9.59 Å². The van der Waals surface area contributed by atoms with Gasteiger partial charge in [-0.3, -0.25) is 9.59 Å². The van der Waals surface area contributed by atoms with Gasteiger partial charge in [-0.1, -0.05) is 29.8 Å². The summed E-state index contributed by atoms with van der Waals surface area (Å²) >= 11 is 6.00. The number of aryl methyl sites for hydroxylation is 2. The topological polar surface area (TPSA) is 49.4 Å². The van der Waals surface area contributed by atoms with Crippen LogP contribution < -0.4 is 10.2 Å². The lowest BCUT2D eigenvalue weighted by Crippen LogP contribution is -2.28. The lowest BCUT2D eigenvalue weighted by Gasteiger charge is -2.20. The Kier molecular flexibility index (Phi) is 4.82. The summed E-state index contributed by atoms with van der Waals surface area (Å²) in [6, 6.07) is 11.3. The molecule has 2 aromatic rings. The first kappa shape index (κ1) is 17.5. The van der Waals surface area contributed by atoms with Gasteiger partial charge in [-0.05, 0) is 55.7 Å². The highest BCUT2D eigenvalue weighted by atomic mass is 35.5. The Morgan fingerprint density at radius 3 is 2.68 bits per heavy atom. The number of hydrogen-bond donors (Lipinski definition) is 1. The summed E-state index contributed by atoms with van der Waals surface area (Å²) in [4.78, 5) is 26.8. The zero-order chi connectivity index (χ0) is 18.1. The summed E-state index contributed by atoms with van der Waals surface area (Å²) in [5.41, 5.74) is 4.72. The number of hydrogen-bond acceptors (Lipinski definition) is 2. The average molecular weight is 357 g/mol. The molecule has 1 aliphatic heterocycles. The molecule has 1 fully saturated rings. The molecule has 4 nitrogen and oxygen atoms in total. The molecular formula is C20H21ClN2O2. The summed E-state index contributed by atoms with van der Waals surface area (Å²) in [7, 11) is 0. The fraction of sp³-hybridized carbons (Fsp3) is 0.300. The van der Waals surface area contributed by atoms with Crippen LogP contribution in [0.3, 0.4) is 0 Å². The molecule has 25 heavy (non-hydrogen) atoms. The number of carbonyl (C=O) groups excluding carboxylic acids is 2. The predicted molar refractivity (Wildman–Crippen MR) is 101 cm³/mol. The lowest BCUT2D eigenvalue weighted by atomic mass is 10.1. The molecule has 1 atom stereocenters. The van der Waals surface area contributed by atoms with Crippen LogP contribution in [0.15, 0.2) is 36.4 Å². The van der Waals surface area contributed by atoms with Crippen molar-refractivity contribution in [2.75, 3.05) is 16.8 Å². The highest BCUT2D eigenvalue weighted by molar-refractivity contribution is 6.31. The van der Waals surface area contributed by atoms with Crippen LogP contribution in [0.2, 0.25) is 5.02 Å². The SMILES string of the molecule is Cc1ccc(Cl)cc1NC(=O)[C@H]1CC(=O)N(c2cccc(C)c2C)C1. The molecule has 0 unspecified atom stereocenters. The first-order valence-electron chi connectivity index (χ1n) is 8.30. The Balaban J connectivity index is 1.77. The molecule has 3 rings (SSSR count). The maximum Gasteiger partial charge on any atom is 0.229 e. The van der Waals surface area contributed by atoms with Gasteiger partial charge in [0.15, 0.2) is 0 Å². The largest absolute Gasteiger partial charge is 0.325 e. The van der Waals surface area contributed by atoms with Crippen LogP contribution in [0.1, 0.15) is 23.1 Å². The van der Waals surface area contributed by atoms with Crippen molar-refractivity contribution < 1.29 is 9.59 Å². The van der Waals surface area contributed by atoms with Crippen LogP contribution in [0, 0.1) is 26.7 Å². The van der Waals surface area contributed by atoms with Gasteiger partial charge in [0, 0.05) is 29.4 Å². The lowest BCUT2D eigenvalue weighted by molar-refractivity contribution is -0.122. The monoisotopic (exact) mass is 356 g/mol. The van der Waals surface area contributed by atoms with E-state index in [0.29, 0.717) is 17.3 Å². The van der Waals surface area contributed by atoms with Crippen LogP contribution in [-0.2, 0) is 9.59 Å². The Labute approximate surface area is 152 Å². The van der Waals surface area contributed by atoms with Crippen molar-refractivity contribution in [2.24, 2.45) is 5.92 Å². The van der Waals surface area contributed by atoms with Crippen LogP contribution >= 0.6 is 11.6 Å². The van der Waals surface area contributed by atoms with Gasteiger partial charge >= 0.3 is 0 Å². The first-order valence-corrected chi connectivity index (χ1v) is 8.68. The van der Waals surface area contributed by atoms with Crippen molar-refractivity contribution in [2.45, 2.75) is 27.2 Å². The Morgan fingerprint density at radius 1 is 1.16 bits per heavy atom. The number of amides is 2. The van der Waals surface area contributed by atoms with Crippen LogP contribution in [0.4, 0.5) is 11.4 Å². The number of carbonyl (C=O) groups is 2. The number of anilines is 2. The minimum absolute atomic E-state index is 0.0170. The van der Waals surface area contributed by atoms with E-state index in [1.165, 1.54) is 0 Å². The van der Waals surface area contributed by atoms with Crippen molar-refractivity contribution >= 4 is 34.8 Å². The van der Waals surface area contributed by atoms with E-state index in [2.05, 4.69) is 5.32 Å². The van der Waals surface area contributed by atoms with Crippen molar-refractivity contribution in [3.63, 3.8) is 0 Å². The van der Waals surface area contributed by atoms with Crippen LogP contribution in [-0.4, -0.2) is 18.4 Å². The van der Waals surface area contributed by atoms with Gasteiger partial charge < -0.3 is 10.2 Å². The van der Waals surface area contributed by atoms with Crippen molar-refractivity contribution in [1.29, 1.82) is 0 Å². The Hall–Kier alpha value is -2.33. The molecule has 1 heterocycles. The predicted octanol–water partition coefficient (Wildman–Crippen LogP) is 4.26. The molecule has 1 aliphatic rings. The second-order valence-corrected chi connectivity index (χ2v) is 7.01. The molecule has 0 bridgehead atoms. The smallest absolute Gasteiger partial charge is 0.229 e. The quantitative estimate of drug-likeness (QED) is 0.893. The normalized spacial score (nSPS) is 17.0. The summed E-state index contributed by atoms with van der Waals surface area (Å²) < 4.78 is 0. The number of nitrogens with zero attached hydrogens (tertiary/aromatic N) is 1. The molecule has 0 aliphatic carbocycles.